The second-order valence-electron chi connectivity index (χ2n) is 10.9. The standard InChI is InChI=1S/C25H30F6O5/c1-13-6-7-19-17(20(32)33-21-23(19)18(13)8-9-22(2,34-21)35-36-23)5-3-4-14-10-15(24(26,27)28)12-16(11-14)25(29,30)31/h10-13,17-21,32H,3-9H2,1-2H3/t13-,17-,18+,19+,20-,21-,22+,23-/m1/s1. The van der Waals surface area contributed by atoms with Gasteiger partial charge in [-0.15, -0.1) is 0 Å². The summed E-state index contributed by atoms with van der Waals surface area (Å²) in [6.07, 6.45) is -8.20. The number of benzene rings is 1. The molecule has 1 aliphatic carbocycles. The molecule has 5 fully saturated rings. The van der Waals surface area contributed by atoms with Gasteiger partial charge in [-0.3, -0.25) is 0 Å². The molecule has 2 bridgehead atoms. The summed E-state index contributed by atoms with van der Waals surface area (Å²) in [6.45, 7) is 3.91. The predicted octanol–water partition coefficient (Wildman–Crippen LogP) is 6.23. The number of aliphatic hydroxyl groups is 1. The van der Waals surface area contributed by atoms with Crippen LogP contribution in [0.1, 0.15) is 69.1 Å². The Balaban J connectivity index is 1.36. The van der Waals surface area contributed by atoms with E-state index in [4.69, 9.17) is 19.2 Å². The van der Waals surface area contributed by atoms with E-state index in [1.807, 2.05) is 0 Å². The molecule has 5 nitrogen and oxygen atoms in total. The van der Waals surface area contributed by atoms with E-state index >= 15 is 0 Å². The molecule has 4 heterocycles. The number of hydrogen-bond acceptors (Lipinski definition) is 5. The molecule has 4 saturated heterocycles. The summed E-state index contributed by atoms with van der Waals surface area (Å²) < 4.78 is 91.4. The Labute approximate surface area is 205 Å². The molecular formula is C25H30F6O5. The van der Waals surface area contributed by atoms with Crippen molar-refractivity contribution in [3.63, 3.8) is 0 Å². The van der Waals surface area contributed by atoms with E-state index in [1.165, 1.54) is 0 Å². The molecule has 1 spiro atoms. The molecule has 1 N–H and O–H groups in total. The maximum atomic E-state index is 13.2. The Morgan fingerprint density at radius 3 is 2.25 bits per heavy atom. The molecule has 0 aromatic heterocycles. The highest BCUT2D eigenvalue weighted by Crippen LogP contribution is 2.61. The summed E-state index contributed by atoms with van der Waals surface area (Å²) in [5.74, 6) is -1.23. The third kappa shape index (κ3) is 4.44. The predicted molar refractivity (Wildman–Crippen MR) is 113 cm³/mol. The Bertz CT molecular complexity index is 950. The van der Waals surface area contributed by atoms with E-state index in [2.05, 4.69) is 6.92 Å². The van der Waals surface area contributed by atoms with Crippen LogP contribution in [0.5, 0.6) is 0 Å². The molecule has 11 heteroatoms. The minimum Gasteiger partial charge on any atom is -0.368 e. The van der Waals surface area contributed by atoms with Crippen LogP contribution in [0.25, 0.3) is 0 Å². The largest absolute Gasteiger partial charge is 0.416 e. The Kier molecular flexibility index (Phi) is 6.43. The van der Waals surface area contributed by atoms with Crippen molar-refractivity contribution in [2.45, 2.75) is 95.1 Å². The lowest BCUT2D eigenvalue weighted by atomic mass is 9.57. The highest BCUT2D eigenvalue weighted by molar-refractivity contribution is 5.33. The zero-order valence-electron chi connectivity index (χ0n) is 20.0. The summed E-state index contributed by atoms with van der Waals surface area (Å²) in [7, 11) is 0. The average molecular weight is 524 g/mol. The van der Waals surface area contributed by atoms with Crippen LogP contribution in [0, 0.1) is 23.7 Å². The van der Waals surface area contributed by atoms with Crippen molar-refractivity contribution < 1.29 is 50.7 Å². The van der Waals surface area contributed by atoms with Crippen molar-refractivity contribution in [3.8, 4) is 0 Å². The second-order valence-corrected chi connectivity index (χ2v) is 10.9. The van der Waals surface area contributed by atoms with Gasteiger partial charge in [-0.2, -0.15) is 26.3 Å². The minimum atomic E-state index is -4.89. The molecule has 0 unspecified atom stereocenters. The van der Waals surface area contributed by atoms with Gasteiger partial charge in [0.1, 0.15) is 0 Å². The number of alkyl halides is 6. The zero-order chi connectivity index (χ0) is 26.1. The molecule has 1 aromatic rings. The van der Waals surface area contributed by atoms with Gasteiger partial charge >= 0.3 is 12.4 Å². The number of halogens is 6. The zero-order valence-corrected chi connectivity index (χ0v) is 20.0. The van der Waals surface area contributed by atoms with Crippen LogP contribution in [-0.4, -0.2) is 29.1 Å². The maximum absolute atomic E-state index is 13.2. The molecule has 5 aliphatic rings. The summed E-state index contributed by atoms with van der Waals surface area (Å²) in [5.41, 5.74) is -3.63. The molecule has 0 amide bonds. The lowest BCUT2D eigenvalue weighted by Crippen LogP contribution is -2.70. The second kappa shape index (κ2) is 8.83. The SMILES string of the molecule is C[C@@H]1CC[C@H]2[C@@H](CCCc3cc(C(F)(F)F)cc(C(F)(F)F)c3)[C@H](O)O[C@@H]3O[C@]4(C)CC[C@@H]1[C@]32OO4. The Hall–Kier alpha value is -1.40. The van der Waals surface area contributed by atoms with Gasteiger partial charge in [0.15, 0.2) is 18.2 Å². The minimum absolute atomic E-state index is 0.00880. The van der Waals surface area contributed by atoms with Gasteiger partial charge in [0, 0.05) is 18.3 Å². The fourth-order valence-electron chi connectivity index (χ4n) is 6.79. The molecule has 1 saturated carbocycles. The van der Waals surface area contributed by atoms with Gasteiger partial charge in [0.2, 0.25) is 5.79 Å². The summed E-state index contributed by atoms with van der Waals surface area (Å²) in [5, 5.41) is 10.9. The van der Waals surface area contributed by atoms with E-state index in [0.29, 0.717) is 25.2 Å². The molecule has 1 aromatic carbocycles. The van der Waals surface area contributed by atoms with Crippen LogP contribution >= 0.6 is 0 Å². The van der Waals surface area contributed by atoms with Crippen LogP contribution in [0.15, 0.2) is 18.2 Å². The number of rotatable bonds is 4. The quantitative estimate of drug-likeness (QED) is 0.374. The Morgan fingerprint density at radius 2 is 1.61 bits per heavy atom. The highest BCUT2D eigenvalue weighted by Gasteiger charge is 2.69. The van der Waals surface area contributed by atoms with E-state index in [1.54, 1.807) is 6.92 Å². The monoisotopic (exact) mass is 524 g/mol. The molecule has 0 radical (unpaired) electrons. The number of aliphatic hydroxyl groups excluding tert-OH is 1. The van der Waals surface area contributed by atoms with Crippen molar-refractivity contribution >= 4 is 0 Å². The normalized spacial score (nSPS) is 40.6. The molecular weight excluding hydrogens is 494 g/mol. The van der Waals surface area contributed by atoms with Gasteiger partial charge in [0.05, 0.1) is 11.1 Å². The molecule has 202 valence electrons. The van der Waals surface area contributed by atoms with Gasteiger partial charge in [0.25, 0.3) is 0 Å². The van der Waals surface area contributed by atoms with E-state index in [0.717, 1.165) is 25.0 Å². The van der Waals surface area contributed by atoms with Gasteiger partial charge in [-0.1, -0.05) is 6.92 Å². The van der Waals surface area contributed by atoms with Crippen molar-refractivity contribution in [1.29, 1.82) is 0 Å². The van der Waals surface area contributed by atoms with Crippen LogP contribution < -0.4 is 0 Å². The number of hydrogen-bond donors (Lipinski definition) is 1. The number of ether oxygens (including phenoxy) is 2. The van der Waals surface area contributed by atoms with Gasteiger partial charge in [-0.05, 0) is 81.0 Å². The first-order chi connectivity index (χ1) is 16.7. The van der Waals surface area contributed by atoms with E-state index in [9.17, 15) is 31.4 Å². The molecule has 6 rings (SSSR count). The lowest BCUT2D eigenvalue weighted by Gasteiger charge is -2.60. The lowest BCUT2D eigenvalue weighted by molar-refractivity contribution is -0.577. The summed E-state index contributed by atoms with van der Waals surface area (Å²) in [4.78, 5) is 11.8. The maximum Gasteiger partial charge on any atom is 0.416 e. The summed E-state index contributed by atoms with van der Waals surface area (Å²) in [6, 6.07) is 1.65. The first-order valence-corrected chi connectivity index (χ1v) is 12.4. The topological polar surface area (TPSA) is 57.2 Å². The molecule has 4 aliphatic heterocycles. The van der Waals surface area contributed by atoms with Crippen LogP contribution in [0.2, 0.25) is 0 Å². The molecule has 36 heavy (non-hydrogen) atoms. The fraction of sp³-hybridized carbons (Fsp3) is 0.760. The molecule has 8 atom stereocenters. The van der Waals surface area contributed by atoms with Crippen LogP contribution in [-0.2, 0) is 38.0 Å². The van der Waals surface area contributed by atoms with Crippen LogP contribution in [0.3, 0.4) is 0 Å². The Morgan fingerprint density at radius 1 is 0.944 bits per heavy atom. The third-order valence-corrected chi connectivity index (χ3v) is 8.57. The summed E-state index contributed by atoms with van der Waals surface area (Å²) >= 11 is 0. The van der Waals surface area contributed by atoms with Crippen molar-refractivity contribution in [3.05, 3.63) is 34.9 Å². The highest BCUT2D eigenvalue weighted by atomic mass is 19.4. The van der Waals surface area contributed by atoms with Gasteiger partial charge in [-0.25, -0.2) is 9.78 Å². The van der Waals surface area contributed by atoms with Crippen molar-refractivity contribution in [2.24, 2.45) is 23.7 Å². The van der Waals surface area contributed by atoms with E-state index < -0.39 is 53.4 Å². The first kappa shape index (κ1) is 26.2. The van der Waals surface area contributed by atoms with Crippen LogP contribution in [0.4, 0.5) is 26.3 Å². The third-order valence-electron chi connectivity index (χ3n) is 8.57. The van der Waals surface area contributed by atoms with Gasteiger partial charge < -0.3 is 14.6 Å². The van der Waals surface area contributed by atoms with Crippen molar-refractivity contribution in [2.75, 3.05) is 0 Å². The number of aryl methyl sites for hydroxylation is 1. The smallest absolute Gasteiger partial charge is 0.368 e. The van der Waals surface area contributed by atoms with Crippen molar-refractivity contribution in [1.82, 2.24) is 0 Å². The average Bonchev–Trinajstić information content (AvgIpc) is 3.01. The first-order valence-electron chi connectivity index (χ1n) is 12.4. The van der Waals surface area contributed by atoms with E-state index in [-0.39, 0.29) is 36.3 Å². The fourth-order valence-corrected chi connectivity index (χ4v) is 6.79. The number of fused-ring (bicyclic) bond motifs is 2.